The third kappa shape index (κ3) is 4.05. The predicted molar refractivity (Wildman–Crippen MR) is 116 cm³/mol. The number of fused-ring (bicyclic) bond motifs is 1. The summed E-state index contributed by atoms with van der Waals surface area (Å²) in [6.07, 6.45) is 0. The number of anilines is 1. The van der Waals surface area contributed by atoms with E-state index >= 15 is 0 Å². The lowest BCUT2D eigenvalue weighted by molar-refractivity contribution is -0.113. The Labute approximate surface area is 168 Å². The molecule has 0 aliphatic heterocycles. The largest absolute Gasteiger partial charge is 0.325 e. The van der Waals surface area contributed by atoms with E-state index in [9.17, 15) is 4.79 Å². The lowest BCUT2D eigenvalue weighted by Crippen LogP contribution is -2.14. The van der Waals surface area contributed by atoms with E-state index in [4.69, 9.17) is 0 Å². The second-order valence-corrected chi connectivity index (χ2v) is 7.44. The smallest absolute Gasteiger partial charge is 0.234 e. The Kier molecular flexibility index (Phi) is 5.35. The molecule has 1 amide bonds. The number of aryl methyl sites for hydroxylation is 1. The molecule has 0 aliphatic carbocycles. The molecule has 5 heteroatoms. The number of rotatable bonds is 5. The fourth-order valence-corrected chi connectivity index (χ4v) is 3.82. The highest BCUT2D eigenvalue weighted by atomic mass is 32.2. The number of benzene rings is 3. The summed E-state index contributed by atoms with van der Waals surface area (Å²) in [4.78, 5) is 12.3. The zero-order valence-corrected chi connectivity index (χ0v) is 16.2. The Morgan fingerprint density at radius 3 is 2.43 bits per heavy atom. The van der Waals surface area contributed by atoms with Crippen molar-refractivity contribution >= 4 is 34.1 Å². The normalized spacial score (nSPS) is 10.8. The molecule has 28 heavy (non-hydrogen) atoms. The Bertz CT molecular complexity index is 1130. The first kappa shape index (κ1) is 18.2. The van der Waals surface area contributed by atoms with Gasteiger partial charge in [-0.2, -0.15) is 0 Å². The molecular weight excluding hydrogens is 366 g/mol. The lowest BCUT2D eigenvalue weighted by Gasteiger charge is -2.09. The van der Waals surface area contributed by atoms with Gasteiger partial charge in [-0.05, 0) is 24.6 Å². The Hall–Kier alpha value is -3.18. The molecule has 4 aromatic rings. The van der Waals surface area contributed by atoms with Gasteiger partial charge in [0.2, 0.25) is 5.91 Å². The summed E-state index contributed by atoms with van der Waals surface area (Å²) in [5.74, 6) is 0.214. The molecule has 0 bridgehead atoms. The van der Waals surface area contributed by atoms with Crippen LogP contribution in [0.15, 0.2) is 83.9 Å². The van der Waals surface area contributed by atoms with Crippen LogP contribution in [0.2, 0.25) is 0 Å². The monoisotopic (exact) mass is 385 g/mol. The molecule has 1 heterocycles. The van der Waals surface area contributed by atoms with Crippen molar-refractivity contribution in [3.05, 3.63) is 84.4 Å². The van der Waals surface area contributed by atoms with Crippen LogP contribution in [0.3, 0.4) is 0 Å². The minimum absolute atomic E-state index is 0.0615. The average Bonchev–Trinajstić information content (AvgIpc) is 2.72. The standard InChI is InChI=1S/C23H19N3OS/c1-16-8-7-11-18(14-16)24-21(27)15-28-23-20-13-6-5-12-19(20)22(25-26-23)17-9-3-2-4-10-17/h2-14H,15H2,1H3,(H,24,27). The predicted octanol–water partition coefficient (Wildman–Crippen LogP) is 5.34. The quantitative estimate of drug-likeness (QED) is 0.471. The summed E-state index contributed by atoms with van der Waals surface area (Å²) in [7, 11) is 0. The van der Waals surface area contributed by atoms with Gasteiger partial charge in [-0.3, -0.25) is 4.79 Å². The second kappa shape index (κ2) is 8.23. The van der Waals surface area contributed by atoms with Gasteiger partial charge >= 0.3 is 0 Å². The number of amides is 1. The van der Waals surface area contributed by atoms with Crippen LogP contribution >= 0.6 is 11.8 Å². The third-order valence-electron chi connectivity index (χ3n) is 4.34. The Balaban J connectivity index is 1.56. The second-order valence-electron chi connectivity index (χ2n) is 6.47. The molecule has 0 saturated heterocycles. The fraction of sp³-hybridized carbons (Fsp3) is 0.0870. The van der Waals surface area contributed by atoms with Crippen LogP contribution in [0.25, 0.3) is 22.0 Å². The van der Waals surface area contributed by atoms with Crippen molar-refractivity contribution in [2.45, 2.75) is 11.9 Å². The van der Waals surface area contributed by atoms with Crippen LogP contribution in [0.4, 0.5) is 5.69 Å². The van der Waals surface area contributed by atoms with Crippen LogP contribution in [0, 0.1) is 6.92 Å². The van der Waals surface area contributed by atoms with E-state index in [2.05, 4.69) is 15.5 Å². The molecule has 1 N–H and O–H groups in total. The molecule has 4 nitrogen and oxygen atoms in total. The van der Waals surface area contributed by atoms with Crippen molar-refractivity contribution in [3.8, 4) is 11.3 Å². The van der Waals surface area contributed by atoms with Crippen LogP contribution < -0.4 is 5.32 Å². The zero-order valence-electron chi connectivity index (χ0n) is 15.4. The van der Waals surface area contributed by atoms with Gasteiger partial charge in [0.15, 0.2) is 0 Å². The maximum absolute atomic E-state index is 12.3. The molecule has 1 aromatic heterocycles. The summed E-state index contributed by atoms with van der Waals surface area (Å²) >= 11 is 1.40. The minimum Gasteiger partial charge on any atom is -0.325 e. The summed E-state index contributed by atoms with van der Waals surface area (Å²) in [5.41, 5.74) is 3.80. The SMILES string of the molecule is Cc1cccc(NC(=O)CSc2nnc(-c3ccccc3)c3ccccc23)c1. The molecule has 0 aliphatic rings. The molecule has 0 spiro atoms. The van der Waals surface area contributed by atoms with Crippen molar-refractivity contribution in [1.29, 1.82) is 0 Å². The molecule has 0 atom stereocenters. The highest BCUT2D eigenvalue weighted by Gasteiger charge is 2.12. The fourth-order valence-electron chi connectivity index (χ4n) is 3.05. The Morgan fingerprint density at radius 1 is 0.893 bits per heavy atom. The summed E-state index contributed by atoms with van der Waals surface area (Å²) in [6, 6.07) is 25.8. The van der Waals surface area contributed by atoms with E-state index in [1.165, 1.54) is 11.8 Å². The number of nitrogens with one attached hydrogen (secondary N) is 1. The first-order valence-corrected chi connectivity index (χ1v) is 9.99. The van der Waals surface area contributed by atoms with Crippen molar-refractivity contribution in [2.24, 2.45) is 0 Å². The number of carbonyl (C=O) groups is 1. The molecular formula is C23H19N3OS. The van der Waals surface area contributed by atoms with E-state index in [1.807, 2.05) is 85.8 Å². The van der Waals surface area contributed by atoms with Crippen LogP contribution in [-0.2, 0) is 4.79 Å². The number of thioether (sulfide) groups is 1. The maximum Gasteiger partial charge on any atom is 0.234 e. The number of nitrogens with zero attached hydrogens (tertiary/aromatic N) is 2. The molecule has 0 saturated carbocycles. The topological polar surface area (TPSA) is 54.9 Å². The molecule has 3 aromatic carbocycles. The summed E-state index contributed by atoms with van der Waals surface area (Å²) in [5, 5.41) is 14.6. The van der Waals surface area contributed by atoms with E-state index in [0.717, 1.165) is 38.3 Å². The van der Waals surface area contributed by atoms with Crippen LogP contribution in [-0.4, -0.2) is 21.9 Å². The van der Waals surface area contributed by atoms with Crippen molar-refractivity contribution in [2.75, 3.05) is 11.1 Å². The van der Waals surface area contributed by atoms with E-state index < -0.39 is 0 Å². The van der Waals surface area contributed by atoms with Gasteiger partial charge in [-0.25, -0.2) is 0 Å². The molecule has 138 valence electrons. The van der Waals surface area contributed by atoms with Crippen LogP contribution in [0.1, 0.15) is 5.56 Å². The molecule has 0 radical (unpaired) electrons. The first-order valence-electron chi connectivity index (χ1n) is 9.01. The van der Waals surface area contributed by atoms with Gasteiger partial charge in [0.05, 0.1) is 5.75 Å². The van der Waals surface area contributed by atoms with Gasteiger partial charge in [0.25, 0.3) is 0 Å². The van der Waals surface area contributed by atoms with Gasteiger partial charge < -0.3 is 5.32 Å². The highest BCUT2D eigenvalue weighted by molar-refractivity contribution is 8.00. The minimum atomic E-state index is -0.0615. The number of hydrogen-bond donors (Lipinski definition) is 1. The Morgan fingerprint density at radius 2 is 1.64 bits per heavy atom. The number of carbonyl (C=O) groups excluding carboxylic acids is 1. The highest BCUT2D eigenvalue weighted by Crippen LogP contribution is 2.31. The van der Waals surface area contributed by atoms with Crippen molar-refractivity contribution in [1.82, 2.24) is 10.2 Å². The van der Waals surface area contributed by atoms with Gasteiger partial charge in [-0.15, -0.1) is 10.2 Å². The van der Waals surface area contributed by atoms with Crippen molar-refractivity contribution in [3.63, 3.8) is 0 Å². The zero-order chi connectivity index (χ0) is 19.3. The van der Waals surface area contributed by atoms with E-state index in [1.54, 1.807) is 0 Å². The molecule has 4 rings (SSSR count). The number of aromatic nitrogens is 2. The van der Waals surface area contributed by atoms with E-state index in [-0.39, 0.29) is 11.7 Å². The summed E-state index contributed by atoms with van der Waals surface area (Å²) < 4.78 is 0. The first-order chi connectivity index (χ1) is 13.7. The number of hydrogen-bond acceptors (Lipinski definition) is 4. The average molecular weight is 385 g/mol. The lowest BCUT2D eigenvalue weighted by atomic mass is 10.1. The summed E-state index contributed by atoms with van der Waals surface area (Å²) in [6.45, 7) is 2.00. The van der Waals surface area contributed by atoms with Gasteiger partial charge in [0.1, 0.15) is 10.7 Å². The van der Waals surface area contributed by atoms with Gasteiger partial charge in [-0.1, -0.05) is 78.5 Å². The van der Waals surface area contributed by atoms with Crippen molar-refractivity contribution < 1.29 is 4.79 Å². The molecule has 0 fully saturated rings. The third-order valence-corrected chi connectivity index (χ3v) is 5.32. The maximum atomic E-state index is 12.3. The van der Waals surface area contributed by atoms with Crippen LogP contribution in [0.5, 0.6) is 0 Å². The van der Waals surface area contributed by atoms with Gasteiger partial charge in [0, 0.05) is 22.0 Å². The van der Waals surface area contributed by atoms with E-state index in [0.29, 0.717) is 0 Å². The molecule has 0 unspecified atom stereocenters.